The molecule has 3 amide bonds. The number of hydrazine groups is 1. The molecule has 0 radical (unpaired) electrons. The number of carbonyl (C=O) groups is 3. The van der Waals surface area contributed by atoms with Crippen LogP contribution < -0.4 is 16.2 Å². The largest absolute Gasteiger partial charge is 0.345 e. The van der Waals surface area contributed by atoms with E-state index < -0.39 is 11.8 Å². The maximum atomic E-state index is 11.5. The van der Waals surface area contributed by atoms with Gasteiger partial charge >= 0.3 is 11.8 Å². The van der Waals surface area contributed by atoms with Gasteiger partial charge in [0.25, 0.3) is 0 Å². The van der Waals surface area contributed by atoms with Gasteiger partial charge in [-0.2, -0.15) is 0 Å². The van der Waals surface area contributed by atoms with Crippen molar-refractivity contribution in [2.45, 2.75) is 38.1 Å². The summed E-state index contributed by atoms with van der Waals surface area (Å²) >= 11 is 0. The number of hydrogen-bond acceptors (Lipinski definition) is 3. The summed E-state index contributed by atoms with van der Waals surface area (Å²) < 4.78 is 0. The first-order valence-corrected chi connectivity index (χ1v) is 6.21. The van der Waals surface area contributed by atoms with Crippen LogP contribution in [0.25, 0.3) is 0 Å². The minimum Gasteiger partial charge on any atom is -0.345 e. The van der Waals surface area contributed by atoms with Crippen LogP contribution in [0.2, 0.25) is 0 Å². The fourth-order valence-corrected chi connectivity index (χ4v) is 1.82. The number of allylic oxidation sites excluding steroid dienone is 2. The molecule has 0 heterocycles. The lowest BCUT2D eigenvalue weighted by atomic mass is 10.1. The molecule has 1 fully saturated rings. The van der Waals surface area contributed by atoms with Crippen molar-refractivity contribution >= 4 is 17.7 Å². The minimum atomic E-state index is -0.822. The topological polar surface area (TPSA) is 87.3 Å². The third kappa shape index (κ3) is 3.87. The molecule has 98 valence electrons. The summed E-state index contributed by atoms with van der Waals surface area (Å²) in [6, 6.07) is 0.127. The first-order chi connectivity index (χ1) is 8.65. The van der Waals surface area contributed by atoms with Crippen molar-refractivity contribution in [3.63, 3.8) is 0 Å². The molecule has 0 aromatic heterocycles. The van der Waals surface area contributed by atoms with Gasteiger partial charge in [0.2, 0.25) is 5.91 Å². The van der Waals surface area contributed by atoms with Crippen LogP contribution in [0.3, 0.4) is 0 Å². The maximum Gasteiger partial charge on any atom is 0.327 e. The molecular formula is C12H17N3O3. The summed E-state index contributed by atoms with van der Waals surface area (Å²) in [5.41, 5.74) is 4.37. The number of amides is 3. The van der Waals surface area contributed by atoms with E-state index in [0.29, 0.717) is 6.42 Å². The quantitative estimate of drug-likeness (QED) is 0.368. The Hall–Kier alpha value is -1.85. The highest BCUT2D eigenvalue weighted by Gasteiger charge is 2.26. The Morgan fingerprint density at radius 3 is 2.44 bits per heavy atom. The Kier molecular flexibility index (Phi) is 3.96. The van der Waals surface area contributed by atoms with E-state index in [0.717, 1.165) is 25.7 Å². The molecule has 2 aliphatic carbocycles. The fraction of sp³-hybridized carbons (Fsp3) is 0.583. The van der Waals surface area contributed by atoms with E-state index >= 15 is 0 Å². The lowest BCUT2D eigenvalue weighted by Crippen LogP contribution is -2.49. The number of hydrogen-bond donors (Lipinski definition) is 3. The molecule has 0 aliphatic heterocycles. The highest BCUT2D eigenvalue weighted by atomic mass is 16.2. The fourth-order valence-electron chi connectivity index (χ4n) is 1.82. The molecule has 0 aromatic rings. The molecule has 6 heteroatoms. The van der Waals surface area contributed by atoms with Crippen molar-refractivity contribution in [2.24, 2.45) is 5.92 Å². The number of nitrogens with one attached hydrogen (secondary N) is 3. The van der Waals surface area contributed by atoms with Crippen LogP contribution >= 0.6 is 0 Å². The third-order valence-electron chi connectivity index (χ3n) is 2.99. The van der Waals surface area contributed by atoms with Gasteiger partial charge in [-0.3, -0.25) is 25.2 Å². The highest BCUT2D eigenvalue weighted by Crippen LogP contribution is 2.19. The van der Waals surface area contributed by atoms with Crippen molar-refractivity contribution in [1.82, 2.24) is 16.2 Å². The Morgan fingerprint density at radius 2 is 1.83 bits per heavy atom. The summed E-state index contributed by atoms with van der Waals surface area (Å²) in [6.45, 7) is 0. The van der Waals surface area contributed by atoms with Crippen LogP contribution in [0.5, 0.6) is 0 Å². The number of carbonyl (C=O) groups excluding carboxylic acids is 3. The second kappa shape index (κ2) is 5.66. The van der Waals surface area contributed by atoms with E-state index in [9.17, 15) is 14.4 Å². The summed E-state index contributed by atoms with van der Waals surface area (Å²) in [5.74, 6) is -1.56. The Morgan fingerprint density at radius 1 is 1.06 bits per heavy atom. The Bertz CT molecular complexity index is 388. The van der Waals surface area contributed by atoms with Crippen LogP contribution in [0.4, 0.5) is 0 Å². The molecule has 0 aromatic carbocycles. The number of rotatable bonds is 3. The first-order valence-electron chi connectivity index (χ1n) is 6.21. The molecule has 1 saturated carbocycles. The van der Waals surface area contributed by atoms with Crippen molar-refractivity contribution in [2.75, 3.05) is 0 Å². The third-order valence-corrected chi connectivity index (χ3v) is 2.99. The highest BCUT2D eigenvalue weighted by molar-refractivity contribution is 6.35. The first kappa shape index (κ1) is 12.6. The Labute approximate surface area is 105 Å². The molecule has 18 heavy (non-hydrogen) atoms. The van der Waals surface area contributed by atoms with Gasteiger partial charge < -0.3 is 5.32 Å². The minimum absolute atomic E-state index is 0.127. The second-order valence-corrected chi connectivity index (χ2v) is 4.72. The zero-order chi connectivity index (χ0) is 13.0. The Balaban J connectivity index is 1.63. The van der Waals surface area contributed by atoms with Gasteiger partial charge in [0.15, 0.2) is 0 Å². The van der Waals surface area contributed by atoms with Crippen molar-refractivity contribution in [1.29, 1.82) is 0 Å². The van der Waals surface area contributed by atoms with Crippen LogP contribution in [-0.2, 0) is 14.4 Å². The lowest BCUT2D eigenvalue weighted by Gasteiger charge is -2.09. The molecule has 6 nitrogen and oxygen atoms in total. The zero-order valence-corrected chi connectivity index (χ0v) is 10.1. The van der Waals surface area contributed by atoms with Gasteiger partial charge in [0.05, 0.1) is 0 Å². The van der Waals surface area contributed by atoms with Gasteiger partial charge in [0.1, 0.15) is 0 Å². The van der Waals surface area contributed by atoms with Gasteiger partial charge in [-0.05, 0) is 31.6 Å². The van der Waals surface area contributed by atoms with E-state index in [1.54, 1.807) is 0 Å². The average molecular weight is 251 g/mol. The zero-order valence-electron chi connectivity index (χ0n) is 10.1. The van der Waals surface area contributed by atoms with Crippen molar-refractivity contribution in [3.05, 3.63) is 12.2 Å². The van der Waals surface area contributed by atoms with Crippen LogP contribution in [0, 0.1) is 5.92 Å². The van der Waals surface area contributed by atoms with Crippen LogP contribution in [-0.4, -0.2) is 23.8 Å². The molecule has 0 saturated heterocycles. The molecule has 0 spiro atoms. The summed E-state index contributed by atoms with van der Waals surface area (Å²) in [6.07, 6.45) is 8.16. The monoisotopic (exact) mass is 251 g/mol. The molecule has 2 rings (SSSR count). The summed E-state index contributed by atoms with van der Waals surface area (Å²) in [5, 5.41) is 2.54. The van der Waals surface area contributed by atoms with E-state index in [-0.39, 0.29) is 17.9 Å². The van der Waals surface area contributed by atoms with Crippen LogP contribution in [0.15, 0.2) is 12.2 Å². The standard InChI is InChI=1S/C12H17N3O3/c16-10(7-8-3-1-2-4-8)14-15-12(18)11(17)13-9-5-6-9/h1,3,8-9H,2,4-7H2,(H,13,17)(H,14,16)(H,15,18)/t8-/m0/s1. The SMILES string of the molecule is O=C(C[C@H]1C=CCC1)NNC(=O)C(=O)NC1CC1. The molecule has 2 aliphatic rings. The van der Waals surface area contributed by atoms with E-state index in [1.165, 1.54) is 0 Å². The summed E-state index contributed by atoms with van der Waals surface area (Å²) in [4.78, 5) is 34.0. The van der Waals surface area contributed by atoms with Gasteiger partial charge in [-0.25, -0.2) is 0 Å². The second-order valence-electron chi connectivity index (χ2n) is 4.72. The smallest absolute Gasteiger partial charge is 0.327 e. The van der Waals surface area contributed by atoms with Crippen LogP contribution in [0.1, 0.15) is 32.1 Å². The van der Waals surface area contributed by atoms with Crippen molar-refractivity contribution < 1.29 is 14.4 Å². The van der Waals surface area contributed by atoms with E-state index in [4.69, 9.17) is 0 Å². The van der Waals surface area contributed by atoms with Crippen molar-refractivity contribution in [3.8, 4) is 0 Å². The maximum absolute atomic E-state index is 11.5. The molecule has 1 atom stereocenters. The average Bonchev–Trinajstić information content (AvgIpc) is 3.00. The summed E-state index contributed by atoms with van der Waals surface area (Å²) in [7, 11) is 0. The molecular weight excluding hydrogens is 234 g/mol. The van der Waals surface area contributed by atoms with Gasteiger partial charge in [-0.15, -0.1) is 0 Å². The normalized spacial score (nSPS) is 21.4. The molecule has 3 N–H and O–H groups in total. The van der Waals surface area contributed by atoms with E-state index in [2.05, 4.69) is 16.2 Å². The van der Waals surface area contributed by atoms with E-state index in [1.807, 2.05) is 12.2 Å². The van der Waals surface area contributed by atoms with Gasteiger partial charge in [-0.1, -0.05) is 12.2 Å². The predicted molar refractivity (Wildman–Crippen MR) is 63.9 cm³/mol. The molecule has 0 bridgehead atoms. The lowest BCUT2D eigenvalue weighted by molar-refractivity contribution is -0.141. The predicted octanol–water partition coefficient (Wildman–Crippen LogP) is -0.231. The molecule has 0 unspecified atom stereocenters. The van der Waals surface area contributed by atoms with Gasteiger partial charge in [0, 0.05) is 12.5 Å².